The third kappa shape index (κ3) is 8.89. The Balaban J connectivity index is -0.00000000500. The van der Waals surface area contributed by atoms with Crippen molar-refractivity contribution in [3.63, 3.8) is 0 Å². The van der Waals surface area contributed by atoms with Gasteiger partial charge >= 0.3 is 81.0 Å². The molecule has 0 aliphatic heterocycles. The van der Waals surface area contributed by atoms with E-state index in [0.717, 1.165) is 0 Å². The van der Waals surface area contributed by atoms with Gasteiger partial charge in [-0.25, -0.2) is 0 Å². The van der Waals surface area contributed by atoms with E-state index in [1.807, 2.05) is 0 Å². The topological polar surface area (TPSA) is 17.1 Å². The summed E-state index contributed by atoms with van der Waals surface area (Å²) in [5.41, 5.74) is 0. The molecule has 0 saturated heterocycles. The van der Waals surface area contributed by atoms with Gasteiger partial charge in [-0.3, -0.25) is 0 Å². The molecule has 4 heavy (non-hydrogen) atoms. The minimum atomic E-state index is -0.0833. The van der Waals surface area contributed by atoms with Crippen molar-refractivity contribution in [1.82, 2.24) is 0 Å². The molecule has 0 aliphatic rings. The molecule has 1 nitrogen and oxygen atoms in total. The van der Waals surface area contributed by atoms with Crippen LogP contribution in [0.15, 0.2) is 0 Å². The molecule has 0 saturated carbocycles. The predicted molar refractivity (Wildman–Crippen MR) is 9.23 cm³/mol. The van der Waals surface area contributed by atoms with Gasteiger partial charge in [-0.1, -0.05) is 0 Å². The van der Waals surface area contributed by atoms with Crippen LogP contribution in [0, 0.1) is 33.8 Å². The van der Waals surface area contributed by atoms with Crippen molar-refractivity contribution < 1.29 is 52.6 Å². The van der Waals surface area contributed by atoms with Gasteiger partial charge in [-0.05, 0) is 0 Å². The zero-order valence-corrected chi connectivity index (χ0v) is 6.17. The van der Waals surface area contributed by atoms with E-state index in [9.17, 15) is 0 Å². The quantitative estimate of drug-likeness (QED) is 0.523. The van der Waals surface area contributed by atoms with Crippen LogP contribution in [0.5, 0.6) is 0 Å². The van der Waals surface area contributed by atoms with Crippen LogP contribution in [-0.2, 0) is 18.8 Å². The maximum absolute atomic E-state index is 8.42. The Kier molecular flexibility index (Phi) is 65.7. The molecule has 0 bridgehead atoms. The second-order valence-corrected chi connectivity index (χ2v) is 0. The van der Waals surface area contributed by atoms with Gasteiger partial charge in [0.1, 0.15) is 0 Å². The summed E-state index contributed by atoms with van der Waals surface area (Å²) in [5, 5.41) is 0. The van der Waals surface area contributed by atoms with Crippen LogP contribution in [0.4, 0.5) is 0 Å². The minimum absolute atomic E-state index is 0. The van der Waals surface area contributed by atoms with Crippen LogP contribution in [0.25, 0.3) is 0 Å². The molecule has 0 aliphatic carbocycles. The standard InChI is InChI=1S/La.Mn.O.Sr.2H. The molecular formula is H2LaMnOSr. The van der Waals surface area contributed by atoms with Gasteiger partial charge in [0.25, 0.3) is 0 Å². The summed E-state index contributed by atoms with van der Waals surface area (Å²) < 4.78 is 8.42. The van der Waals surface area contributed by atoms with E-state index >= 15 is 0 Å². The molecule has 0 spiro atoms. The van der Waals surface area contributed by atoms with Crippen LogP contribution < -0.4 is 0 Å². The summed E-state index contributed by atoms with van der Waals surface area (Å²) in [5.74, 6) is 0. The average Bonchev–Trinajstić information content (AvgIpc) is 1.00. The van der Waals surface area contributed by atoms with Gasteiger partial charge in [0.15, 0.2) is 0 Å². The third-order valence-corrected chi connectivity index (χ3v) is 0. The number of hydrogen-bond acceptors (Lipinski definition) is 1. The summed E-state index contributed by atoms with van der Waals surface area (Å²) in [4.78, 5) is 0. The first-order chi connectivity index (χ1) is 1.00. The molecule has 0 amide bonds. The Morgan fingerprint density at radius 1 is 1.25 bits per heavy atom. The van der Waals surface area contributed by atoms with Crippen molar-refractivity contribution in [1.29, 1.82) is 0 Å². The molecular weight excluding hydrogens is 297 g/mol. The number of hydrogen-bond donors (Lipinski definition) is 0. The molecule has 4 heteroatoms. The molecule has 0 atom stereocenters. The first-order valence-electron chi connectivity index (χ1n) is 0.236. The second kappa shape index (κ2) is 16.7. The van der Waals surface area contributed by atoms with Crippen molar-refractivity contribution in [2.24, 2.45) is 0 Å². The van der Waals surface area contributed by atoms with Crippen LogP contribution >= 0.6 is 0 Å². The molecule has 0 unspecified atom stereocenters. The van der Waals surface area contributed by atoms with Crippen molar-refractivity contribution >= 4 is 45.5 Å². The first-order valence-corrected chi connectivity index (χ1v) is 1.72. The fourth-order valence-electron chi connectivity index (χ4n) is 0. The van der Waals surface area contributed by atoms with Crippen LogP contribution in [0.3, 0.4) is 0 Å². The summed E-state index contributed by atoms with van der Waals surface area (Å²) in [6, 6.07) is 0. The van der Waals surface area contributed by atoms with E-state index in [4.69, 9.17) is 1.70 Å². The Morgan fingerprint density at radius 2 is 1.25 bits per heavy atom. The Bertz CT molecular complexity index is 8.00. The van der Waals surface area contributed by atoms with Crippen LogP contribution in [-0.4, -0.2) is 45.5 Å². The van der Waals surface area contributed by atoms with Crippen molar-refractivity contribution in [2.45, 2.75) is 0 Å². The van der Waals surface area contributed by atoms with Crippen molar-refractivity contribution in [3.05, 3.63) is 0 Å². The van der Waals surface area contributed by atoms with E-state index in [1.54, 1.807) is 0 Å². The van der Waals surface area contributed by atoms with E-state index in [-0.39, 0.29) is 96.4 Å². The molecule has 0 aromatic carbocycles. The normalized spacial score (nSPS) is 1.50. The maximum atomic E-state index is 8.42. The fraction of sp³-hybridized carbons (Fsp3) is 0. The number of rotatable bonds is 0. The molecule has 1 radical (unpaired) electrons. The van der Waals surface area contributed by atoms with Crippen molar-refractivity contribution in [3.8, 4) is 0 Å². The zero-order chi connectivity index (χ0) is 2.00. The average molecular weight is 299 g/mol. The second-order valence-electron chi connectivity index (χ2n) is 0. The first kappa shape index (κ1) is 15.8. The third-order valence-electron chi connectivity index (χ3n) is 0. The Morgan fingerprint density at radius 3 is 1.25 bits per heavy atom. The van der Waals surface area contributed by atoms with Gasteiger partial charge in [-0.2, -0.15) is 0 Å². The van der Waals surface area contributed by atoms with Gasteiger partial charge in [-0.15, -0.1) is 0 Å². The van der Waals surface area contributed by atoms with E-state index < -0.39 is 0 Å². The molecule has 0 aromatic heterocycles. The van der Waals surface area contributed by atoms with E-state index in [2.05, 4.69) is 0 Å². The van der Waals surface area contributed by atoms with Crippen LogP contribution in [0.1, 0.15) is 0 Å². The summed E-state index contributed by atoms with van der Waals surface area (Å²) >= 11 is -0.0833. The van der Waals surface area contributed by atoms with Crippen LogP contribution in [0.2, 0.25) is 0 Å². The monoisotopic (exact) mass is 300 g/mol. The molecule has 0 rings (SSSR count). The van der Waals surface area contributed by atoms with Gasteiger partial charge in [0.2, 0.25) is 0 Å². The van der Waals surface area contributed by atoms with Gasteiger partial charge < -0.3 is 0 Å². The zero-order valence-electron chi connectivity index (χ0n) is 1.36. The van der Waals surface area contributed by atoms with Gasteiger partial charge in [0, 0.05) is 17.1 Å². The SMILES string of the molecule is [Mn].[O]=[La].[SrH2]. The Labute approximate surface area is 95.4 Å². The molecule has 0 heterocycles. The van der Waals surface area contributed by atoms with Crippen molar-refractivity contribution in [2.75, 3.05) is 0 Å². The summed E-state index contributed by atoms with van der Waals surface area (Å²) in [7, 11) is 0. The molecule has 0 fully saturated rings. The molecule has 20 valence electrons. The Hall–Kier alpha value is 2.99. The summed E-state index contributed by atoms with van der Waals surface area (Å²) in [6.07, 6.45) is 0. The molecule has 0 aromatic rings. The molecule has 0 N–H and O–H groups in total. The van der Waals surface area contributed by atoms with E-state index in [0.29, 0.717) is 0 Å². The predicted octanol–water partition coefficient (Wildman–Crippen LogP) is -1.04. The summed E-state index contributed by atoms with van der Waals surface area (Å²) in [6.45, 7) is 0. The van der Waals surface area contributed by atoms with Gasteiger partial charge in [0.05, 0.1) is 0 Å². The fourth-order valence-corrected chi connectivity index (χ4v) is 0. The van der Waals surface area contributed by atoms with E-state index in [1.165, 1.54) is 0 Å².